The first-order chi connectivity index (χ1) is 14.8. The second-order valence-electron chi connectivity index (χ2n) is 7.79. The lowest BCUT2D eigenvalue weighted by Gasteiger charge is -2.24. The van der Waals surface area contributed by atoms with Gasteiger partial charge in [0.05, 0.1) is 6.54 Å². The molecule has 0 aromatic heterocycles. The molecule has 0 saturated heterocycles. The highest BCUT2D eigenvalue weighted by molar-refractivity contribution is 7.90. The fourth-order valence-electron chi connectivity index (χ4n) is 3.31. The lowest BCUT2D eigenvalue weighted by atomic mass is 10.0. The van der Waals surface area contributed by atoms with E-state index in [1.807, 2.05) is 43.3 Å². The Kier molecular flexibility index (Phi) is 5.69. The van der Waals surface area contributed by atoms with Crippen LogP contribution in [0.25, 0.3) is 0 Å². The van der Waals surface area contributed by atoms with Gasteiger partial charge in [0.2, 0.25) is 5.96 Å². The number of fused-ring (bicyclic) bond motifs is 1. The largest absolute Gasteiger partial charge is 0.455 e. The first-order valence-corrected chi connectivity index (χ1v) is 11.6. The lowest BCUT2D eigenvalue weighted by Crippen LogP contribution is -2.40. The number of anilines is 1. The standard InChI is InChI=1S/C24H25N3O3S/c1-16(2)19-13-11-18(12-14-19)15-25-24-26-23-21(30-20-8-5-4-7-17(20)3)9-6-10-22(23)31(28,29)27-24/h4-14,16H,15H2,1-3H3,(H2,25,26,27). The van der Waals surface area contributed by atoms with Crippen molar-refractivity contribution < 1.29 is 13.2 Å². The van der Waals surface area contributed by atoms with Crippen molar-refractivity contribution in [3.8, 4) is 11.5 Å². The van der Waals surface area contributed by atoms with E-state index in [2.05, 4.69) is 41.0 Å². The van der Waals surface area contributed by atoms with E-state index >= 15 is 0 Å². The van der Waals surface area contributed by atoms with E-state index in [0.29, 0.717) is 29.6 Å². The Morgan fingerprint density at radius 2 is 1.65 bits per heavy atom. The number of benzene rings is 3. The van der Waals surface area contributed by atoms with Crippen LogP contribution in [0.2, 0.25) is 0 Å². The number of hydrogen-bond acceptors (Lipinski definition) is 4. The van der Waals surface area contributed by atoms with Gasteiger partial charge in [0.1, 0.15) is 16.3 Å². The number of nitrogens with one attached hydrogen (secondary N) is 2. The summed E-state index contributed by atoms with van der Waals surface area (Å²) in [6.07, 6.45) is 0. The van der Waals surface area contributed by atoms with E-state index in [4.69, 9.17) is 4.74 Å². The Morgan fingerprint density at radius 1 is 0.935 bits per heavy atom. The molecule has 0 bridgehead atoms. The van der Waals surface area contributed by atoms with E-state index in [-0.39, 0.29) is 10.9 Å². The molecule has 0 fully saturated rings. The molecule has 1 aliphatic rings. The molecule has 6 nitrogen and oxygen atoms in total. The molecule has 0 unspecified atom stereocenters. The Hall–Kier alpha value is -3.32. The highest BCUT2D eigenvalue weighted by atomic mass is 32.2. The van der Waals surface area contributed by atoms with Gasteiger partial charge in [-0.3, -0.25) is 0 Å². The third-order valence-electron chi connectivity index (χ3n) is 5.13. The minimum atomic E-state index is -3.76. The SMILES string of the molecule is Cc1ccccc1Oc1cccc2c1NC(=NCc1ccc(C(C)C)cc1)NS2(=O)=O. The zero-order valence-electron chi connectivity index (χ0n) is 17.7. The Bertz CT molecular complexity index is 1230. The number of aryl methyl sites for hydroxylation is 1. The molecule has 1 heterocycles. The van der Waals surface area contributed by atoms with Gasteiger partial charge in [-0.15, -0.1) is 0 Å². The summed E-state index contributed by atoms with van der Waals surface area (Å²) in [4.78, 5) is 4.57. The zero-order valence-corrected chi connectivity index (χ0v) is 18.5. The van der Waals surface area contributed by atoms with Crippen molar-refractivity contribution in [1.29, 1.82) is 0 Å². The van der Waals surface area contributed by atoms with Gasteiger partial charge in [-0.25, -0.2) is 18.1 Å². The second-order valence-corrected chi connectivity index (χ2v) is 9.44. The van der Waals surface area contributed by atoms with Gasteiger partial charge in [0.15, 0.2) is 5.75 Å². The van der Waals surface area contributed by atoms with E-state index in [0.717, 1.165) is 11.1 Å². The molecular weight excluding hydrogens is 410 g/mol. The van der Waals surface area contributed by atoms with Crippen molar-refractivity contribution in [2.24, 2.45) is 4.99 Å². The number of sulfonamides is 1. The van der Waals surface area contributed by atoms with E-state index in [1.165, 1.54) is 11.6 Å². The number of rotatable bonds is 5. The predicted molar refractivity (Wildman–Crippen MR) is 123 cm³/mol. The second kappa shape index (κ2) is 8.43. The normalized spacial score (nSPS) is 15.8. The minimum absolute atomic E-state index is 0.124. The maximum atomic E-state index is 12.8. The fourth-order valence-corrected chi connectivity index (χ4v) is 4.47. The maximum Gasteiger partial charge on any atom is 0.266 e. The summed E-state index contributed by atoms with van der Waals surface area (Å²) < 4.78 is 34.1. The van der Waals surface area contributed by atoms with Crippen LogP contribution in [0.3, 0.4) is 0 Å². The van der Waals surface area contributed by atoms with Crippen LogP contribution in [0.15, 0.2) is 76.6 Å². The van der Waals surface area contributed by atoms with Crippen LogP contribution in [-0.2, 0) is 16.6 Å². The van der Waals surface area contributed by atoms with Gasteiger partial charge >= 0.3 is 0 Å². The van der Waals surface area contributed by atoms with Crippen LogP contribution in [0.1, 0.15) is 36.5 Å². The topological polar surface area (TPSA) is 79.8 Å². The molecule has 160 valence electrons. The molecule has 31 heavy (non-hydrogen) atoms. The van der Waals surface area contributed by atoms with Gasteiger partial charge in [0.25, 0.3) is 10.0 Å². The molecule has 0 spiro atoms. The number of para-hydroxylation sites is 2. The molecule has 1 aliphatic heterocycles. The van der Waals surface area contributed by atoms with Crippen LogP contribution < -0.4 is 14.8 Å². The van der Waals surface area contributed by atoms with E-state index in [9.17, 15) is 8.42 Å². The van der Waals surface area contributed by atoms with Gasteiger partial charge < -0.3 is 10.1 Å². The van der Waals surface area contributed by atoms with Gasteiger partial charge in [-0.2, -0.15) is 0 Å². The average molecular weight is 436 g/mol. The summed E-state index contributed by atoms with van der Waals surface area (Å²) in [6, 6.07) is 20.7. The van der Waals surface area contributed by atoms with Crippen LogP contribution in [0.4, 0.5) is 5.69 Å². The Balaban J connectivity index is 1.62. The molecule has 0 saturated carbocycles. The van der Waals surface area contributed by atoms with Crippen molar-refractivity contribution in [1.82, 2.24) is 4.72 Å². The van der Waals surface area contributed by atoms with Crippen molar-refractivity contribution in [3.63, 3.8) is 0 Å². The zero-order chi connectivity index (χ0) is 22.0. The molecule has 0 amide bonds. The molecular formula is C24H25N3O3S. The van der Waals surface area contributed by atoms with Crippen molar-refractivity contribution >= 4 is 21.7 Å². The highest BCUT2D eigenvalue weighted by Gasteiger charge is 2.29. The molecule has 0 aliphatic carbocycles. The molecule has 7 heteroatoms. The molecule has 3 aromatic rings. The smallest absolute Gasteiger partial charge is 0.266 e. The summed E-state index contributed by atoms with van der Waals surface area (Å²) in [5.74, 6) is 1.71. The summed E-state index contributed by atoms with van der Waals surface area (Å²) in [5, 5.41) is 3.10. The molecule has 0 radical (unpaired) electrons. The number of guanidine groups is 1. The molecule has 2 N–H and O–H groups in total. The van der Waals surface area contributed by atoms with Crippen molar-refractivity contribution in [2.45, 2.75) is 38.1 Å². The Labute approximate surface area is 183 Å². The highest BCUT2D eigenvalue weighted by Crippen LogP contribution is 2.37. The summed E-state index contributed by atoms with van der Waals surface area (Å²) in [5.41, 5.74) is 3.57. The lowest BCUT2D eigenvalue weighted by molar-refractivity contribution is 0.479. The summed E-state index contributed by atoms with van der Waals surface area (Å²) >= 11 is 0. The van der Waals surface area contributed by atoms with Gasteiger partial charge in [-0.05, 0) is 47.7 Å². The maximum absolute atomic E-state index is 12.8. The van der Waals surface area contributed by atoms with Gasteiger partial charge in [0, 0.05) is 0 Å². The molecule has 0 atom stereocenters. The van der Waals surface area contributed by atoms with Crippen LogP contribution >= 0.6 is 0 Å². The number of nitrogens with zero attached hydrogens (tertiary/aromatic N) is 1. The minimum Gasteiger partial charge on any atom is -0.455 e. The number of ether oxygens (including phenoxy) is 1. The summed E-state index contributed by atoms with van der Waals surface area (Å²) in [6.45, 7) is 6.57. The number of hydrogen-bond donors (Lipinski definition) is 2. The first-order valence-electron chi connectivity index (χ1n) is 10.1. The predicted octanol–water partition coefficient (Wildman–Crippen LogP) is 5.17. The first kappa shape index (κ1) is 20.9. The van der Waals surface area contributed by atoms with E-state index < -0.39 is 10.0 Å². The van der Waals surface area contributed by atoms with Crippen molar-refractivity contribution in [3.05, 3.63) is 83.4 Å². The summed E-state index contributed by atoms with van der Waals surface area (Å²) in [7, 11) is -3.76. The third-order valence-corrected chi connectivity index (χ3v) is 6.51. The number of aliphatic imine (C=N–C) groups is 1. The molecule has 3 aromatic carbocycles. The third kappa shape index (κ3) is 4.56. The molecule has 4 rings (SSSR count). The Morgan fingerprint density at radius 3 is 2.35 bits per heavy atom. The van der Waals surface area contributed by atoms with Gasteiger partial charge in [-0.1, -0.05) is 62.4 Å². The average Bonchev–Trinajstić information content (AvgIpc) is 2.74. The fraction of sp³-hybridized carbons (Fsp3) is 0.208. The van der Waals surface area contributed by atoms with Crippen molar-refractivity contribution in [2.75, 3.05) is 5.32 Å². The monoisotopic (exact) mass is 435 g/mol. The van der Waals surface area contributed by atoms with E-state index in [1.54, 1.807) is 12.1 Å². The van der Waals surface area contributed by atoms with Crippen LogP contribution in [0.5, 0.6) is 11.5 Å². The van der Waals surface area contributed by atoms with Crippen LogP contribution in [-0.4, -0.2) is 14.4 Å². The quantitative estimate of drug-likeness (QED) is 0.579. The van der Waals surface area contributed by atoms with Crippen LogP contribution in [0, 0.1) is 6.92 Å².